The smallest absolute Gasteiger partial charge is 0.309 e. The van der Waals surface area contributed by atoms with E-state index in [2.05, 4.69) is 29.8 Å². The van der Waals surface area contributed by atoms with Crippen LogP contribution in [-0.4, -0.2) is 42.9 Å². The summed E-state index contributed by atoms with van der Waals surface area (Å²) in [6, 6.07) is 15.0. The molecule has 0 aromatic heterocycles. The molecule has 2 heterocycles. The summed E-state index contributed by atoms with van der Waals surface area (Å²) in [7, 11) is 0. The molecular formula is C27H35N5O2. The highest BCUT2D eigenvalue weighted by Gasteiger charge is 2.37. The third kappa shape index (κ3) is 5.30. The Labute approximate surface area is 202 Å². The van der Waals surface area contributed by atoms with Crippen molar-refractivity contribution in [2.24, 2.45) is 10.4 Å². The third-order valence-corrected chi connectivity index (χ3v) is 6.51. The highest BCUT2D eigenvalue weighted by atomic mass is 16.2. The first-order valence-corrected chi connectivity index (χ1v) is 12.1. The lowest BCUT2D eigenvalue weighted by atomic mass is 9.77. The van der Waals surface area contributed by atoms with Crippen LogP contribution in [0.25, 0.3) is 0 Å². The first-order valence-electron chi connectivity index (χ1n) is 12.1. The van der Waals surface area contributed by atoms with Gasteiger partial charge in [-0.05, 0) is 61.9 Å². The van der Waals surface area contributed by atoms with Gasteiger partial charge < -0.3 is 20.9 Å². The summed E-state index contributed by atoms with van der Waals surface area (Å²) < 4.78 is 0. The molecule has 0 spiro atoms. The lowest BCUT2D eigenvalue weighted by molar-refractivity contribution is -0.120. The number of piperidine rings is 1. The van der Waals surface area contributed by atoms with Gasteiger partial charge in [-0.25, -0.2) is 4.79 Å². The Morgan fingerprint density at radius 2 is 2.00 bits per heavy atom. The molecule has 2 aromatic rings. The van der Waals surface area contributed by atoms with Gasteiger partial charge >= 0.3 is 6.03 Å². The van der Waals surface area contributed by atoms with Gasteiger partial charge in [0.05, 0.1) is 17.4 Å². The Morgan fingerprint density at radius 1 is 1.21 bits per heavy atom. The first kappa shape index (κ1) is 24.0. The fraction of sp³-hybridized carbons (Fsp3) is 0.444. The van der Waals surface area contributed by atoms with Crippen LogP contribution < -0.4 is 20.9 Å². The first-order chi connectivity index (χ1) is 16.3. The van der Waals surface area contributed by atoms with Crippen LogP contribution in [-0.2, 0) is 4.79 Å². The molecule has 1 saturated heterocycles. The largest absolute Gasteiger partial charge is 0.321 e. The van der Waals surface area contributed by atoms with Gasteiger partial charge in [-0.1, -0.05) is 51.1 Å². The van der Waals surface area contributed by atoms with E-state index in [1.807, 2.05) is 62.4 Å². The van der Waals surface area contributed by atoms with Gasteiger partial charge in [0.2, 0.25) is 6.17 Å². The number of rotatable bonds is 5. The molecule has 180 valence electrons. The molecule has 1 fully saturated rings. The molecule has 2 aliphatic heterocycles. The lowest BCUT2D eigenvalue weighted by Gasteiger charge is -2.37. The number of carbonyl (C=O) groups excluding carboxylic acids is 2. The van der Waals surface area contributed by atoms with Crippen LogP contribution in [0.15, 0.2) is 53.5 Å². The molecular weight excluding hydrogens is 426 g/mol. The standard InChI is InChI=1S/C27H35N5O2/c1-5-15-32-22-12-7-6-11-20(22)23(21-17-27(3,4)13-14-28-21)30-24(25(32)33)31-26(34)29-19-10-8-9-18(2)16-19/h6-12,16,21,24,28H,5,13-15,17H2,1-4H3,(H2,29,31,34)/t21-,24?/m1/s1. The van der Waals surface area contributed by atoms with E-state index in [4.69, 9.17) is 4.99 Å². The highest BCUT2D eigenvalue weighted by Crippen LogP contribution is 2.34. The Hall–Kier alpha value is -3.19. The molecule has 1 unspecified atom stereocenters. The summed E-state index contributed by atoms with van der Waals surface area (Å²) in [5.41, 5.74) is 4.50. The second-order valence-corrected chi connectivity index (χ2v) is 10.0. The molecule has 0 bridgehead atoms. The van der Waals surface area contributed by atoms with Crippen molar-refractivity contribution in [3.63, 3.8) is 0 Å². The van der Waals surface area contributed by atoms with E-state index in [1.165, 1.54) is 0 Å². The maximum Gasteiger partial charge on any atom is 0.321 e. The molecule has 0 aliphatic carbocycles. The van der Waals surface area contributed by atoms with E-state index in [0.717, 1.165) is 48.3 Å². The zero-order chi connectivity index (χ0) is 24.3. The summed E-state index contributed by atoms with van der Waals surface area (Å²) in [6.07, 6.45) is 1.78. The topological polar surface area (TPSA) is 85.8 Å². The van der Waals surface area contributed by atoms with Gasteiger partial charge in [-0.3, -0.25) is 9.79 Å². The number of hydrogen-bond acceptors (Lipinski definition) is 4. The summed E-state index contributed by atoms with van der Waals surface area (Å²) in [5, 5.41) is 9.28. The van der Waals surface area contributed by atoms with E-state index >= 15 is 0 Å². The van der Waals surface area contributed by atoms with Gasteiger partial charge in [-0.2, -0.15) is 0 Å². The summed E-state index contributed by atoms with van der Waals surface area (Å²) in [6.45, 7) is 9.98. The van der Waals surface area contributed by atoms with Crippen LogP contribution in [0.3, 0.4) is 0 Å². The fourth-order valence-electron chi connectivity index (χ4n) is 4.80. The maximum atomic E-state index is 13.7. The third-order valence-electron chi connectivity index (χ3n) is 6.51. The van der Waals surface area contributed by atoms with Crippen LogP contribution in [0.2, 0.25) is 0 Å². The number of aryl methyl sites for hydroxylation is 1. The fourth-order valence-corrected chi connectivity index (χ4v) is 4.80. The van der Waals surface area contributed by atoms with Crippen molar-refractivity contribution in [3.8, 4) is 0 Å². The Kier molecular flexibility index (Phi) is 7.03. The minimum atomic E-state index is -1.01. The number of anilines is 2. The number of hydrogen-bond donors (Lipinski definition) is 3. The molecule has 3 N–H and O–H groups in total. The molecule has 2 aliphatic rings. The molecule has 0 radical (unpaired) electrons. The number of urea groups is 1. The number of nitrogens with zero attached hydrogens (tertiary/aromatic N) is 2. The molecule has 2 atom stereocenters. The lowest BCUT2D eigenvalue weighted by Crippen LogP contribution is -2.50. The number of benzodiazepines with no additional fused rings is 1. The molecule has 7 nitrogen and oxygen atoms in total. The molecule has 4 rings (SSSR count). The average molecular weight is 462 g/mol. The van der Waals surface area contributed by atoms with Crippen molar-refractivity contribution in [2.75, 3.05) is 23.3 Å². The maximum absolute atomic E-state index is 13.7. The van der Waals surface area contributed by atoms with E-state index in [-0.39, 0.29) is 17.4 Å². The van der Waals surface area contributed by atoms with Gasteiger partial charge in [-0.15, -0.1) is 0 Å². The van der Waals surface area contributed by atoms with Crippen molar-refractivity contribution >= 4 is 29.0 Å². The normalized spacial score (nSPS) is 21.8. The van der Waals surface area contributed by atoms with Crippen LogP contribution in [0.5, 0.6) is 0 Å². The Bertz CT molecular complexity index is 1090. The molecule has 7 heteroatoms. The van der Waals surface area contributed by atoms with Crippen molar-refractivity contribution in [2.45, 2.75) is 59.2 Å². The van der Waals surface area contributed by atoms with Crippen molar-refractivity contribution in [3.05, 3.63) is 59.7 Å². The Morgan fingerprint density at radius 3 is 2.74 bits per heavy atom. The Balaban J connectivity index is 1.69. The summed E-state index contributed by atoms with van der Waals surface area (Å²) in [4.78, 5) is 33.2. The predicted molar refractivity (Wildman–Crippen MR) is 138 cm³/mol. The highest BCUT2D eigenvalue weighted by molar-refractivity contribution is 6.15. The van der Waals surface area contributed by atoms with Crippen LogP contribution in [0, 0.1) is 12.3 Å². The summed E-state index contributed by atoms with van der Waals surface area (Å²) in [5.74, 6) is -0.223. The van der Waals surface area contributed by atoms with Crippen molar-refractivity contribution in [1.82, 2.24) is 10.6 Å². The van der Waals surface area contributed by atoms with Crippen LogP contribution in [0.4, 0.5) is 16.2 Å². The number of aliphatic imine (C=N–C) groups is 1. The van der Waals surface area contributed by atoms with Crippen molar-refractivity contribution in [1.29, 1.82) is 0 Å². The number of benzene rings is 2. The SMILES string of the molecule is CCCN1C(=O)C(NC(=O)Nc2cccc(C)c2)N=C([C@H]2CC(C)(C)CCN2)c2ccccc21. The van der Waals surface area contributed by atoms with E-state index in [9.17, 15) is 9.59 Å². The van der Waals surface area contributed by atoms with Gasteiger partial charge in [0.15, 0.2) is 0 Å². The molecule has 0 saturated carbocycles. The zero-order valence-electron chi connectivity index (χ0n) is 20.5. The second kappa shape index (κ2) is 9.97. The zero-order valence-corrected chi connectivity index (χ0v) is 20.5. The minimum Gasteiger partial charge on any atom is -0.309 e. The van der Waals surface area contributed by atoms with E-state index in [1.54, 1.807) is 4.90 Å². The second-order valence-electron chi connectivity index (χ2n) is 10.0. The van der Waals surface area contributed by atoms with Crippen molar-refractivity contribution < 1.29 is 9.59 Å². The predicted octanol–water partition coefficient (Wildman–Crippen LogP) is 4.47. The number of carbonyl (C=O) groups is 2. The van der Waals surface area contributed by atoms with Crippen LogP contribution >= 0.6 is 0 Å². The summed E-state index contributed by atoms with van der Waals surface area (Å²) >= 11 is 0. The van der Waals surface area contributed by atoms with Gasteiger partial charge in [0.25, 0.3) is 5.91 Å². The van der Waals surface area contributed by atoms with Crippen LogP contribution in [0.1, 0.15) is 51.2 Å². The molecule has 34 heavy (non-hydrogen) atoms. The number of nitrogens with one attached hydrogen (secondary N) is 3. The van der Waals surface area contributed by atoms with Gasteiger partial charge in [0, 0.05) is 17.8 Å². The van der Waals surface area contributed by atoms with E-state index < -0.39 is 12.2 Å². The number of amides is 3. The van der Waals surface area contributed by atoms with Gasteiger partial charge in [0.1, 0.15) is 0 Å². The average Bonchev–Trinajstić information content (AvgIpc) is 2.89. The number of para-hydroxylation sites is 1. The molecule has 3 amide bonds. The number of fused-ring (bicyclic) bond motifs is 1. The molecule has 2 aromatic carbocycles. The quantitative estimate of drug-likeness (QED) is 0.614. The minimum absolute atomic E-state index is 0.00316. The van der Waals surface area contributed by atoms with E-state index in [0.29, 0.717) is 12.2 Å². The monoisotopic (exact) mass is 461 g/mol.